The molecule has 4 aromatic heterocycles. The SMILES string of the molecule is COc1cc(OC)cc(N(Cc2ncc[nH]2)c2ccc3ncc(-c4ccncc4)cc3n2)c1. The lowest BCUT2D eigenvalue weighted by atomic mass is 10.1. The maximum Gasteiger partial charge on any atom is 0.134 e. The van der Waals surface area contributed by atoms with E-state index in [-0.39, 0.29) is 0 Å². The van der Waals surface area contributed by atoms with Crippen LogP contribution in [0, 0.1) is 0 Å². The van der Waals surface area contributed by atoms with Gasteiger partial charge in [-0.15, -0.1) is 0 Å². The molecule has 164 valence electrons. The highest BCUT2D eigenvalue weighted by Crippen LogP contribution is 2.34. The van der Waals surface area contributed by atoms with E-state index in [1.54, 1.807) is 39.0 Å². The number of aromatic nitrogens is 5. The van der Waals surface area contributed by atoms with Crippen molar-refractivity contribution >= 4 is 22.5 Å². The zero-order valence-corrected chi connectivity index (χ0v) is 18.3. The van der Waals surface area contributed by atoms with Gasteiger partial charge in [0, 0.05) is 54.7 Å². The van der Waals surface area contributed by atoms with Crippen molar-refractivity contribution in [2.24, 2.45) is 0 Å². The van der Waals surface area contributed by atoms with Gasteiger partial charge in [-0.2, -0.15) is 0 Å². The van der Waals surface area contributed by atoms with Crippen LogP contribution in [0.4, 0.5) is 11.5 Å². The Morgan fingerprint density at radius 3 is 2.30 bits per heavy atom. The van der Waals surface area contributed by atoms with Crippen LogP contribution in [-0.2, 0) is 6.54 Å². The van der Waals surface area contributed by atoms with Crippen LogP contribution < -0.4 is 14.4 Å². The number of nitrogens with zero attached hydrogens (tertiary/aromatic N) is 5. The molecule has 1 aromatic carbocycles. The van der Waals surface area contributed by atoms with Gasteiger partial charge in [-0.05, 0) is 35.9 Å². The Morgan fingerprint density at radius 1 is 0.818 bits per heavy atom. The predicted octanol–water partition coefficient (Wildman–Crippen LogP) is 4.77. The minimum atomic E-state index is 0.485. The van der Waals surface area contributed by atoms with Crippen LogP contribution in [0.15, 0.2) is 79.5 Å². The molecule has 33 heavy (non-hydrogen) atoms. The van der Waals surface area contributed by atoms with Gasteiger partial charge in [0.25, 0.3) is 0 Å². The number of rotatable bonds is 7. The van der Waals surface area contributed by atoms with Crippen LogP contribution >= 0.6 is 0 Å². The number of ether oxygens (including phenoxy) is 2. The van der Waals surface area contributed by atoms with E-state index in [4.69, 9.17) is 14.5 Å². The lowest BCUT2D eigenvalue weighted by Gasteiger charge is -2.24. The highest BCUT2D eigenvalue weighted by molar-refractivity contribution is 5.82. The predicted molar refractivity (Wildman–Crippen MR) is 127 cm³/mol. The molecule has 4 heterocycles. The molecular formula is C25H22N6O2. The largest absolute Gasteiger partial charge is 0.497 e. The van der Waals surface area contributed by atoms with Gasteiger partial charge >= 0.3 is 0 Å². The maximum absolute atomic E-state index is 5.49. The van der Waals surface area contributed by atoms with Crippen LogP contribution in [0.2, 0.25) is 0 Å². The zero-order valence-electron chi connectivity index (χ0n) is 18.3. The lowest BCUT2D eigenvalue weighted by Crippen LogP contribution is -2.19. The molecule has 0 radical (unpaired) electrons. The molecule has 0 amide bonds. The van der Waals surface area contributed by atoms with Crippen molar-refractivity contribution in [3.8, 4) is 22.6 Å². The van der Waals surface area contributed by atoms with Crippen molar-refractivity contribution in [1.29, 1.82) is 0 Å². The number of anilines is 2. The first kappa shape index (κ1) is 20.4. The molecular weight excluding hydrogens is 416 g/mol. The minimum Gasteiger partial charge on any atom is -0.497 e. The summed E-state index contributed by atoms with van der Waals surface area (Å²) in [6, 6.07) is 15.6. The summed E-state index contributed by atoms with van der Waals surface area (Å²) in [4.78, 5) is 23.3. The fourth-order valence-corrected chi connectivity index (χ4v) is 3.64. The van der Waals surface area contributed by atoms with E-state index < -0.39 is 0 Å². The first-order valence-electron chi connectivity index (χ1n) is 10.4. The number of pyridine rings is 3. The molecule has 0 aliphatic carbocycles. The molecule has 0 aliphatic rings. The molecule has 1 N–H and O–H groups in total. The molecule has 8 nitrogen and oxygen atoms in total. The number of H-pyrrole nitrogens is 1. The first-order valence-corrected chi connectivity index (χ1v) is 10.4. The minimum absolute atomic E-state index is 0.485. The van der Waals surface area contributed by atoms with E-state index in [9.17, 15) is 0 Å². The second-order valence-electron chi connectivity index (χ2n) is 7.36. The Morgan fingerprint density at radius 2 is 1.61 bits per heavy atom. The van der Waals surface area contributed by atoms with Crippen molar-refractivity contribution in [1.82, 2.24) is 24.9 Å². The van der Waals surface area contributed by atoms with Crippen LogP contribution in [0.25, 0.3) is 22.2 Å². The van der Waals surface area contributed by atoms with E-state index in [2.05, 4.69) is 24.8 Å². The van der Waals surface area contributed by atoms with Gasteiger partial charge in [-0.3, -0.25) is 9.97 Å². The summed E-state index contributed by atoms with van der Waals surface area (Å²) < 4.78 is 11.0. The Labute approximate surface area is 190 Å². The third kappa shape index (κ3) is 4.31. The number of methoxy groups -OCH3 is 2. The van der Waals surface area contributed by atoms with Crippen molar-refractivity contribution in [3.05, 3.63) is 85.3 Å². The average molecular weight is 438 g/mol. The Bertz CT molecular complexity index is 1350. The fourth-order valence-electron chi connectivity index (χ4n) is 3.64. The van der Waals surface area contributed by atoms with Gasteiger partial charge in [0.2, 0.25) is 0 Å². The smallest absolute Gasteiger partial charge is 0.134 e. The molecule has 5 aromatic rings. The average Bonchev–Trinajstić information content (AvgIpc) is 3.40. The highest BCUT2D eigenvalue weighted by atomic mass is 16.5. The molecule has 0 bridgehead atoms. The van der Waals surface area contributed by atoms with Crippen molar-refractivity contribution in [2.75, 3.05) is 19.1 Å². The normalized spacial score (nSPS) is 10.8. The monoisotopic (exact) mass is 438 g/mol. The summed E-state index contributed by atoms with van der Waals surface area (Å²) >= 11 is 0. The fraction of sp³-hybridized carbons (Fsp3) is 0.120. The maximum atomic E-state index is 5.49. The summed E-state index contributed by atoms with van der Waals surface area (Å²) in [6.07, 6.45) is 8.93. The Kier molecular flexibility index (Phi) is 5.55. The number of aromatic amines is 1. The van der Waals surface area contributed by atoms with E-state index in [0.717, 1.165) is 39.5 Å². The number of benzene rings is 1. The number of imidazole rings is 1. The van der Waals surface area contributed by atoms with Gasteiger partial charge in [-0.1, -0.05) is 0 Å². The van der Waals surface area contributed by atoms with Gasteiger partial charge in [0.15, 0.2) is 0 Å². The van der Waals surface area contributed by atoms with Gasteiger partial charge in [0.1, 0.15) is 23.1 Å². The molecule has 0 unspecified atom stereocenters. The summed E-state index contributed by atoms with van der Waals surface area (Å²) in [5, 5.41) is 0. The molecule has 8 heteroatoms. The molecule has 0 atom stereocenters. The molecule has 5 rings (SSSR count). The van der Waals surface area contributed by atoms with E-state index >= 15 is 0 Å². The van der Waals surface area contributed by atoms with Gasteiger partial charge < -0.3 is 19.4 Å². The quantitative estimate of drug-likeness (QED) is 0.391. The van der Waals surface area contributed by atoms with E-state index in [1.807, 2.05) is 54.7 Å². The van der Waals surface area contributed by atoms with Crippen LogP contribution in [0.5, 0.6) is 11.5 Å². The second-order valence-corrected chi connectivity index (χ2v) is 7.36. The molecule has 0 saturated carbocycles. The topological polar surface area (TPSA) is 89.0 Å². The zero-order chi connectivity index (χ0) is 22.6. The van der Waals surface area contributed by atoms with E-state index in [1.165, 1.54) is 0 Å². The Balaban J connectivity index is 1.62. The van der Waals surface area contributed by atoms with E-state index in [0.29, 0.717) is 18.0 Å². The Hall–Kier alpha value is -4.46. The standard InChI is InChI=1S/C25H22N6O2/c1-32-20-12-19(13-21(14-20)33-2)31(16-24-27-9-10-28-24)25-4-3-22-23(30-25)11-18(15-29-22)17-5-7-26-8-6-17/h3-15H,16H2,1-2H3,(H,27,28). The second kappa shape index (κ2) is 8.96. The first-order chi connectivity index (χ1) is 16.2. The van der Waals surface area contributed by atoms with Crippen molar-refractivity contribution in [3.63, 3.8) is 0 Å². The van der Waals surface area contributed by atoms with Gasteiger partial charge in [0.05, 0.1) is 37.5 Å². The van der Waals surface area contributed by atoms with Crippen LogP contribution in [-0.4, -0.2) is 39.1 Å². The molecule has 0 aliphatic heterocycles. The molecule has 0 fully saturated rings. The van der Waals surface area contributed by atoms with Crippen LogP contribution in [0.1, 0.15) is 5.82 Å². The number of nitrogens with one attached hydrogen (secondary N) is 1. The third-order valence-corrected chi connectivity index (χ3v) is 5.32. The van der Waals surface area contributed by atoms with Crippen molar-refractivity contribution in [2.45, 2.75) is 6.54 Å². The van der Waals surface area contributed by atoms with Gasteiger partial charge in [-0.25, -0.2) is 9.97 Å². The van der Waals surface area contributed by atoms with Crippen LogP contribution in [0.3, 0.4) is 0 Å². The molecule has 0 spiro atoms. The number of hydrogen-bond donors (Lipinski definition) is 1. The summed E-state index contributed by atoms with van der Waals surface area (Å²) in [7, 11) is 3.27. The number of hydrogen-bond acceptors (Lipinski definition) is 7. The summed E-state index contributed by atoms with van der Waals surface area (Å²) in [5.74, 6) is 2.94. The number of fused-ring (bicyclic) bond motifs is 1. The summed E-state index contributed by atoms with van der Waals surface area (Å²) in [5.41, 5.74) is 4.50. The van der Waals surface area contributed by atoms with Crippen molar-refractivity contribution < 1.29 is 9.47 Å². The summed E-state index contributed by atoms with van der Waals surface area (Å²) in [6.45, 7) is 0.485. The third-order valence-electron chi connectivity index (χ3n) is 5.32. The lowest BCUT2D eigenvalue weighted by molar-refractivity contribution is 0.394. The highest BCUT2D eigenvalue weighted by Gasteiger charge is 2.16. The molecule has 0 saturated heterocycles.